The first-order chi connectivity index (χ1) is 26.4. The first-order valence-electron chi connectivity index (χ1n) is 22.0. The highest BCUT2D eigenvalue weighted by molar-refractivity contribution is 5.83. The average molecular weight is 779 g/mol. The number of ether oxygens (including phenoxy) is 1. The van der Waals surface area contributed by atoms with Gasteiger partial charge in [-0.05, 0) is 109 Å². The van der Waals surface area contributed by atoms with E-state index in [-0.39, 0.29) is 72.9 Å². The van der Waals surface area contributed by atoms with E-state index in [4.69, 9.17) is 9.57 Å². The van der Waals surface area contributed by atoms with E-state index in [2.05, 4.69) is 54.1 Å². The van der Waals surface area contributed by atoms with Gasteiger partial charge in [-0.3, -0.25) is 14.4 Å². The summed E-state index contributed by atoms with van der Waals surface area (Å²) in [5.41, 5.74) is 0. The van der Waals surface area contributed by atoms with Crippen molar-refractivity contribution >= 4 is 11.8 Å². The highest BCUT2D eigenvalue weighted by Gasteiger charge is 2.52. The van der Waals surface area contributed by atoms with E-state index in [0.717, 1.165) is 83.7 Å². The molecule has 0 bridgehead atoms. The third-order valence-electron chi connectivity index (χ3n) is 14.3. The number of aliphatic hydroxyl groups excluding tert-OH is 3. The van der Waals surface area contributed by atoms with Crippen LogP contribution in [0.2, 0.25) is 0 Å². The summed E-state index contributed by atoms with van der Waals surface area (Å²) >= 11 is 0. The van der Waals surface area contributed by atoms with Gasteiger partial charge in [-0.1, -0.05) is 39.5 Å². The fraction of sp³-hybridized carbons (Fsp3) is 0.952. The number of carbonyl (C=O) groups is 2. The number of nitrogens with one attached hydrogen (secondary N) is 4. The molecule has 13 heteroatoms. The molecule has 2 heterocycles. The largest absolute Gasteiger partial charge is 0.395 e. The van der Waals surface area contributed by atoms with Gasteiger partial charge in [0.1, 0.15) is 12.1 Å². The molecule has 2 amide bonds. The van der Waals surface area contributed by atoms with Crippen molar-refractivity contribution in [3.05, 3.63) is 0 Å². The first-order valence-corrected chi connectivity index (χ1v) is 22.0. The highest BCUT2D eigenvalue weighted by atomic mass is 16.7. The molecule has 0 spiro atoms. The predicted octanol–water partition coefficient (Wildman–Crippen LogP) is 2.28. The maximum absolute atomic E-state index is 14.2. The maximum Gasteiger partial charge on any atom is 0.240 e. The lowest BCUT2D eigenvalue weighted by molar-refractivity contribution is -0.192. The van der Waals surface area contributed by atoms with Crippen LogP contribution in [0.15, 0.2) is 0 Å². The summed E-state index contributed by atoms with van der Waals surface area (Å²) in [6.07, 6.45) is 11.4. The number of hydrogen-bond acceptors (Lipinski definition) is 11. The van der Waals surface area contributed by atoms with Crippen LogP contribution in [-0.4, -0.2) is 146 Å². The third kappa shape index (κ3) is 11.8. The Kier molecular flexibility index (Phi) is 17.5. The topological polar surface area (TPSA) is 168 Å². The van der Waals surface area contributed by atoms with Crippen molar-refractivity contribution in [2.24, 2.45) is 41.4 Å². The quantitative estimate of drug-likeness (QED) is 0.116. The minimum absolute atomic E-state index is 0.0507. The molecular formula is C42H78N6O7. The monoisotopic (exact) mass is 779 g/mol. The second-order valence-corrected chi connectivity index (χ2v) is 18.5. The molecule has 7 unspecified atom stereocenters. The van der Waals surface area contributed by atoms with Crippen molar-refractivity contribution < 1.29 is 34.5 Å². The van der Waals surface area contributed by atoms with Gasteiger partial charge in [-0.15, -0.1) is 0 Å². The van der Waals surface area contributed by atoms with Crippen LogP contribution in [0.1, 0.15) is 104 Å². The normalized spacial score (nSPS) is 38.8. The highest BCUT2D eigenvalue weighted by Crippen LogP contribution is 2.45. The van der Waals surface area contributed by atoms with Crippen LogP contribution in [0.5, 0.6) is 0 Å². The Morgan fingerprint density at radius 1 is 1.00 bits per heavy atom. The molecule has 3 aliphatic carbocycles. The van der Waals surface area contributed by atoms with Gasteiger partial charge in [0.2, 0.25) is 11.8 Å². The molecule has 15 atom stereocenters. The summed E-state index contributed by atoms with van der Waals surface area (Å²) in [5.74, 6) is 0.670. The Bertz CT molecular complexity index is 1180. The number of rotatable bonds is 17. The fourth-order valence-electron chi connectivity index (χ4n) is 11.3. The number of piperidine rings is 1. The van der Waals surface area contributed by atoms with Crippen LogP contribution in [0, 0.1) is 41.4 Å². The van der Waals surface area contributed by atoms with Gasteiger partial charge in [0.05, 0.1) is 25.4 Å². The van der Waals surface area contributed by atoms with Crippen molar-refractivity contribution in [1.29, 1.82) is 0 Å². The molecule has 55 heavy (non-hydrogen) atoms. The molecule has 0 radical (unpaired) electrons. The molecule has 0 aromatic carbocycles. The van der Waals surface area contributed by atoms with E-state index in [0.29, 0.717) is 31.0 Å². The Hall–Kier alpha value is -1.42. The molecule has 5 rings (SSSR count). The van der Waals surface area contributed by atoms with Gasteiger partial charge in [0, 0.05) is 68.7 Å². The lowest BCUT2D eigenvalue weighted by Crippen LogP contribution is -2.55. The smallest absolute Gasteiger partial charge is 0.240 e. The van der Waals surface area contributed by atoms with Crippen LogP contribution < -0.4 is 21.3 Å². The zero-order valence-corrected chi connectivity index (χ0v) is 35.0. The second kappa shape index (κ2) is 21.5. The Balaban J connectivity index is 1.31. The SMILES string of the molecule is COC1C(CN2O[C@@H](CO)[C@@H]([C@H](C)O)[C@H]2C(=O)N[C@H]2CCC[C@H](C)[C@@H]2C)CCCC1C1CC(NCCO)CC(C(=O)N[C@@H](CC2CCCCN2)CN(C)C)C1. The van der Waals surface area contributed by atoms with E-state index >= 15 is 0 Å². The van der Waals surface area contributed by atoms with E-state index in [1.807, 2.05) is 0 Å². The van der Waals surface area contributed by atoms with Gasteiger partial charge >= 0.3 is 0 Å². The molecule has 3 saturated carbocycles. The van der Waals surface area contributed by atoms with E-state index in [9.17, 15) is 24.9 Å². The number of aliphatic hydroxyl groups is 3. The zero-order valence-electron chi connectivity index (χ0n) is 35.0. The molecule has 0 aromatic heterocycles. The number of amides is 2. The summed E-state index contributed by atoms with van der Waals surface area (Å²) in [6.45, 7) is 8.71. The fourth-order valence-corrected chi connectivity index (χ4v) is 11.3. The third-order valence-corrected chi connectivity index (χ3v) is 14.3. The minimum Gasteiger partial charge on any atom is -0.395 e. The standard InChI is InChI=1S/C42H78N6O7/c1-26-11-9-15-36(27(26)2)46-42(53)39-38(28(3)51)37(25-50)55-48(39)23-29-12-10-14-35(40(29)54-6)30-19-31(21-33(20-30)44-17-18-49)41(52)45-34(24-47(4)5)22-32-13-7-8-16-43-32/h26-40,43-44,49-51H,7-25H2,1-6H3,(H,45,52)(H,46,53)/t26-,27-,28-,29?,30?,31?,32?,33?,34-,35?,36-,37-,38+,39-,40?/m0/s1. The second-order valence-electron chi connectivity index (χ2n) is 18.5. The minimum atomic E-state index is -0.845. The van der Waals surface area contributed by atoms with E-state index < -0.39 is 24.2 Å². The lowest BCUT2D eigenvalue weighted by atomic mass is 9.65. The summed E-state index contributed by atoms with van der Waals surface area (Å²) in [4.78, 5) is 36.9. The van der Waals surface area contributed by atoms with Crippen LogP contribution in [0.25, 0.3) is 0 Å². The van der Waals surface area contributed by atoms with Crippen molar-refractivity contribution in [2.75, 3.05) is 60.6 Å². The lowest BCUT2D eigenvalue weighted by Gasteiger charge is -2.46. The molecule has 7 N–H and O–H groups in total. The summed E-state index contributed by atoms with van der Waals surface area (Å²) in [5, 5.41) is 46.9. The first kappa shape index (κ1) is 44.7. The van der Waals surface area contributed by atoms with Crippen molar-refractivity contribution in [3.63, 3.8) is 0 Å². The van der Waals surface area contributed by atoms with Crippen molar-refractivity contribution in [1.82, 2.24) is 31.2 Å². The number of nitrogens with zero attached hydrogens (tertiary/aromatic N) is 2. The Labute approximate surface area is 331 Å². The molecule has 2 saturated heterocycles. The Morgan fingerprint density at radius 3 is 2.45 bits per heavy atom. The van der Waals surface area contributed by atoms with Crippen LogP contribution in [-0.2, 0) is 19.2 Å². The molecule has 13 nitrogen and oxygen atoms in total. The average Bonchev–Trinajstić information content (AvgIpc) is 3.54. The predicted molar refractivity (Wildman–Crippen MR) is 214 cm³/mol. The molecular weight excluding hydrogens is 700 g/mol. The van der Waals surface area contributed by atoms with Gasteiger partial charge < -0.3 is 46.2 Å². The maximum atomic E-state index is 14.2. The van der Waals surface area contributed by atoms with Gasteiger partial charge in [-0.2, -0.15) is 5.06 Å². The number of carbonyl (C=O) groups excluding carboxylic acids is 2. The number of hydrogen-bond donors (Lipinski definition) is 7. The van der Waals surface area contributed by atoms with Gasteiger partial charge in [0.25, 0.3) is 0 Å². The van der Waals surface area contributed by atoms with E-state index in [1.165, 1.54) is 12.8 Å². The number of hydroxylamine groups is 2. The van der Waals surface area contributed by atoms with Gasteiger partial charge in [0.15, 0.2) is 0 Å². The Morgan fingerprint density at radius 2 is 1.78 bits per heavy atom. The van der Waals surface area contributed by atoms with Crippen LogP contribution >= 0.6 is 0 Å². The van der Waals surface area contributed by atoms with Crippen molar-refractivity contribution in [2.45, 2.75) is 153 Å². The summed E-state index contributed by atoms with van der Waals surface area (Å²) < 4.78 is 6.40. The molecule has 0 aromatic rings. The summed E-state index contributed by atoms with van der Waals surface area (Å²) in [7, 11) is 5.92. The van der Waals surface area contributed by atoms with Gasteiger partial charge in [-0.25, -0.2) is 0 Å². The molecule has 5 fully saturated rings. The summed E-state index contributed by atoms with van der Waals surface area (Å²) in [6, 6.07) is -0.0571. The van der Waals surface area contributed by atoms with Crippen molar-refractivity contribution in [3.8, 4) is 0 Å². The zero-order chi connectivity index (χ0) is 39.6. The number of likely N-dealkylation sites (N-methyl/N-ethyl adjacent to an activating group) is 1. The molecule has 2 aliphatic heterocycles. The molecule has 318 valence electrons. The number of methoxy groups -OCH3 is 1. The van der Waals surface area contributed by atoms with Crippen LogP contribution in [0.3, 0.4) is 0 Å². The molecule has 5 aliphatic rings. The van der Waals surface area contributed by atoms with Crippen LogP contribution in [0.4, 0.5) is 0 Å². The van der Waals surface area contributed by atoms with E-state index in [1.54, 1.807) is 19.1 Å².